The van der Waals surface area contributed by atoms with E-state index in [0.717, 1.165) is 22.4 Å². The number of hydrogen-bond donors (Lipinski definition) is 1. The van der Waals surface area contributed by atoms with Gasteiger partial charge in [-0.25, -0.2) is 4.99 Å². The molecule has 0 fully saturated rings. The number of aliphatic imine (C=N–C) groups is 1. The van der Waals surface area contributed by atoms with E-state index in [-0.39, 0.29) is 18.2 Å². The highest BCUT2D eigenvalue weighted by Gasteiger charge is 2.30. The van der Waals surface area contributed by atoms with Crippen molar-refractivity contribution in [2.75, 3.05) is 19.1 Å². The maximum absolute atomic E-state index is 13.2. The van der Waals surface area contributed by atoms with Crippen LogP contribution in [0.1, 0.15) is 16.7 Å². The number of hydrogen-bond acceptors (Lipinski definition) is 4. The van der Waals surface area contributed by atoms with Crippen molar-refractivity contribution in [3.8, 4) is 5.75 Å². The number of benzodiazepines with no additional fused rings is 1. The van der Waals surface area contributed by atoms with Crippen LogP contribution < -0.4 is 15.0 Å². The molecule has 1 unspecified atom stereocenters. The third-order valence-electron chi connectivity index (χ3n) is 5.19. The Labute approximate surface area is 181 Å². The minimum atomic E-state index is -1.02. The van der Waals surface area contributed by atoms with Crippen molar-refractivity contribution >= 4 is 23.2 Å². The van der Waals surface area contributed by atoms with Crippen molar-refractivity contribution in [3.05, 3.63) is 95.6 Å². The van der Waals surface area contributed by atoms with E-state index in [1.165, 1.54) is 0 Å². The molecule has 3 aromatic rings. The summed E-state index contributed by atoms with van der Waals surface area (Å²) in [5, 5.41) is 2.80. The highest BCUT2D eigenvalue weighted by molar-refractivity contribution is 6.20. The minimum Gasteiger partial charge on any atom is -0.497 e. The lowest BCUT2D eigenvalue weighted by molar-refractivity contribution is -0.126. The van der Waals surface area contributed by atoms with Gasteiger partial charge in [-0.1, -0.05) is 60.7 Å². The minimum absolute atomic E-state index is 0.119. The summed E-state index contributed by atoms with van der Waals surface area (Å²) in [5.74, 6) is 0.0925. The van der Waals surface area contributed by atoms with E-state index < -0.39 is 6.17 Å². The number of methoxy groups -OCH3 is 1. The number of carbonyl (C=O) groups excluding carboxylic acids is 2. The number of amides is 2. The Morgan fingerprint density at radius 3 is 2.55 bits per heavy atom. The first-order valence-electron chi connectivity index (χ1n) is 9.99. The number of fused-ring (bicyclic) bond motifs is 1. The molecule has 0 radical (unpaired) electrons. The number of likely N-dealkylation sites (N-methyl/N-ethyl adjacent to an activating group) is 1. The Hall–Kier alpha value is -3.93. The smallest absolute Gasteiger partial charge is 0.272 e. The van der Waals surface area contributed by atoms with E-state index in [0.29, 0.717) is 11.5 Å². The summed E-state index contributed by atoms with van der Waals surface area (Å²) in [6.07, 6.45) is -0.904. The molecule has 1 N–H and O–H groups in total. The average Bonchev–Trinajstić information content (AvgIpc) is 2.90. The molecule has 0 saturated carbocycles. The van der Waals surface area contributed by atoms with Gasteiger partial charge in [0.1, 0.15) is 5.75 Å². The van der Waals surface area contributed by atoms with E-state index in [1.807, 2.05) is 72.8 Å². The van der Waals surface area contributed by atoms with Gasteiger partial charge >= 0.3 is 0 Å². The fourth-order valence-corrected chi connectivity index (χ4v) is 3.61. The molecule has 0 aliphatic carbocycles. The fourth-order valence-electron chi connectivity index (χ4n) is 3.61. The van der Waals surface area contributed by atoms with Crippen LogP contribution in [-0.2, 0) is 16.0 Å². The highest BCUT2D eigenvalue weighted by atomic mass is 16.5. The third-order valence-corrected chi connectivity index (χ3v) is 5.19. The van der Waals surface area contributed by atoms with Gasteiger partial charge in [0.2, 0.25) is 12.1 Å². The second kappa shape index (κ2) is 8.83. The van der Waals surface area contributed by atoms with E-state index in [4.69, 9.17) is 9.73 Å². The van der Waals surface area contributed by atoms with Crippen LogP contribution in [0.2, 0.25) is 0 Å². The van der Waals surface area contributed by atoms with Gasteiger partial charge in [-0.05, 0) is 23.8 Å². The van der Waals surface area contributed by atoms with Crippen LogP contribution in [0.15, 0.2) is 83.9 Å². The molecule has 0 bridgehead atoms. The SMILES string of the molecule is COc1cccc(CC(=O)NC2N=C(c3ccccc3)c3ccccc3N(C)C2=O)c1. The van der Waals surface area contributed by atoms with Crippen LogP contribution in [0.4, 0.5) is 5.69 Å². The molecule has 0 aromatic heterocycles. The Balaban J connectivity index is 1.66. The standard InChI is InChI=1S/C25H23N3O3/c1-28-21-14-7-6-13-20(21)23(18-10-4-3-5-11-18)27-24(25(28)30)26-22(29)16-17-9-8-12-19(15-17)31-2/h3-15,24H,16H2,1-2H3,(H,26,29). The monoisotopic (exact) mass is 413 g/mol. The number of carbonyl (C=O) groups is 2. The first-order valence-corrected chi connectivity index (χ1v) is 9.99. The van der Waals surface area contributed by atoms with Crippen LogP contribution >= 0.6 is 0 Å². The van der Waals surface area contributed by atoms with Gasteiger partial charge in [0.15, 0.2) is 0 Å². The van der Waals surface area contributed by atoms with Gasteiger partial charge in [0.25, 0.3) is 5.91 Å². The quantitative estimate of drug-likeness (QED) is 0.698. The molecule has 1 heterocycles. The molecule has 156 valence electrons. The zero-order valence-electron chi connectivity index (χ0n) is 17.4. The topological polar surface area (TPSA) is 71.0 Å². The Bertz CT molecular complexity index is 1140. The molecule has 31 heavy (non-hydrogen) atoms. The number of benzene rings is 3. The number of ether oxygens (including phenoxy) is 1. The predicted molar refractivity (Wildman–Crippen MR) is 121 cm³/mol. The van der Waals surface area contributed by atoms with Crippen molar-refractivity contribution in [1.82, 2.24) is 5.32 Å². The third kappa shape index (κ3) is 4.33. The molecule has 4 rings (SSSR count). The molecule has 2 amide bonds. The molecule has 1 atom stereocenters. The number of para-hydroxylation sites is 1. The number of nitrogens with zero attached hydrogens (tertiary/aromatic N) is 2. The predicted octanol–water partition coefficient (Wildman–Crippen LogP) is 3.19. The molecule has 0 spiro atoms. The van der Waals surface area contributed by atoms with Gasteiger partial charge in [-0.3, -0.25) is 9.59 Å². The Kier molecular flexibility index (Phi) is 5.80. The van der Waals surface area contributed by atoms with Crippen molar-refractivity contribution in [1.29, 1.82) is 0 Å². The summed E-state index contributed by atoms with van der Waals surface area (Å²) in [4.78, 5) is 32.2. The molecule has 1 aliphatic rings. The summed E-state index contributed by atoms with van der Waals surface area (Å²) >= 11 is 0. The van der Waals surface area contributed by atoms with Crippen molar-refractivity contribution in [2.24, 2.45) is 4.99 Å². The fraction of sp³-hybridized carbons (Fsp3) is 0.160. The Morgan fingerprint density at radius 2 is 1.77 bits per heavy atom. The highest BCUT2D eigenvalue weighted by Crippen LogP contribution is 2.27. The first-order chi connectivity index (χ1) is 15.1. The lowest BCUT2D eigenvalue weighted by Gasteiger charge is -2.20. The number of anilines is 1. The second-order valence-corrected chi connectivity index (χ2v) is 7.26. The second-order valence-electron chi connectivity index (χ2n) is 7.26. The van der Waals surface area contributed by atoms with Crippen LogP contribution in [-0.4, -0.2) is 37.8 Å². The van der Waals surface area contributed by atoms with Crippen LogP contribution in [0.5, 0.6) is 5.75 Å². The van der Waals surface area contributed by atoms with E-state index >= 15 is 0 Å². The van der Waals surface area contributed by atoms with E-state index in [2.05, 4.69) is 5.32 Å². The summed E-state index contributed by atoms with van der Waals surface area (Å²) in [6, 6.07) is 24.6. The maximum atomic E-state index is 13.2. The number of nitrogens with one attached hydrogen (secondary N) is 1. The van der Waals surface area contributed by atoms with E-state index in [1.54, 1.807) is 25.1 Å². The molecule has 0 saturated heterocycles. The van der Waals surface area contributed by atoms with Gasteiger partial charge in [-0.2, -0.15) is 0 Å². The zero-order valence-corrected chi connectivity index (χ0v) is 17.4. The van der Waals surface area contributed by atoms with E-state index in [9.17, 15) is 9.59 Å². The summed E-state index contributed by atoms with van der Waals surface area (Å²) in [5.41, 5.74) is 3.93. The average molecular weight is 413 g/mol. The normalized spacial score (nSPS) is 15.5. The van der Waals surface area contributed by atoms with Gasteiger partial charge in [0, 0.05) is 18.2 Å². The van der Waals surface area contributed by atoms with Crippen LogP contribution in [0.3, 0.4) is 0 Å². The zero-order chi connectivity index (χ0) is 21.8. The summed E-state index contributed by atoms with van der Waals surface area (Å²) < 4.78 is 5.22. The van der Waals surface area contributed by atoms with Crippen molar-refractivity contribution in [3.63, 3.8) is 0 Å². The van der Waals surface area contributed by atoms with Gasteiger partial charge < -0.3 is 15.0 Å². The molecule has 1 aliphatic heterocycles. The van der Waals surface area contributed by atoms with Crippen LogP contribution in [0.25, 0.3) is 0 Å². The molecular formula is C25H23N3O3. The van der Waals surface area contributed by atoms with Crippen LogP contribution in [0, 0.1) is 0 Å². The maximum Gasteiger partial charge on any atom is 0.272 e. The molecule has 3 aromatic carbocycles. The molecular weight excluding hydrogens is 390 g/mol. The molecule has 6 nitrogen and oxygen atoms in total. The molecule has 6 heteroatoms. The van der Waals surface area contributed by atoms with Crippen molar-refractivity contribution in [2.45, 2.75) is 12.6 Å². The largest absolute Gasteiger partial charge is 0.497 e. The first kappa shape index (κ1) is 20.3. The lowest BCUT2D eigenvalue weighted by Crippen LogP contribution is -2.46. The van der Waals surface area contributed by atoms with Crippen molar-refractivity contribution < 1.29 is 14.3 Å². The Morgan fingerprint density at radius 1 is 1.03 bits per heavy atom. The number of rotatable bonds is 5. The summed E-state index contributed by atoms with van der Waals surface area (Å²) in [7, 11) is 3.28. The summed E-state index contributed by atoms with van der Waals surface area (Å²) in [6.45, 7) is 0. The lowest BCUT2D eigenvalue weighted by atomic mass is 10.0. The van der Waals surface area contributed by atoms with Gasteiger partial charge in [-0.15, -0.1) is 0 Å². The van der Waals surface area contributed by atoms with Gasteiger partial charge in [0.05, 0.1) is 24.9 Å².